The van der Waals surface area contributed by atoms with E-state index in [2.05, 4.69) is 21.9 Å². The molecule has 0 radical (unpaired) electrons. The molecule has 1 saturated heterocycles. The normalized spacial score (nSPS) is 16.9. The van der Waals surface area contributed by atoms with Crippen LogP contribution in [0.5, 0.6) is 11.8 Å². The van der Waals surface area contributed by atoms with Crippen molar-refractivity contribution in [2.24, 2.45) is 5.92 Å². The molecular formula is C16H20ClN3O2. The maximum absolute atomic E-state index is 6.13. The Balaban J connectivity index is 1.71. The van der Waals surface area contributed by atoms with Gasteiger partial charge in [-0.25, -0.2) is 0 Å². The molecule has 0 amide bonds. The molecule has 3 rings (SSSR count). The van der Waals surface area contributed by atoms with Crippen LogP contribution in [0.25, 0.3) is 10.9 Å². The molecule has 0 bridgehead atoms. The highest BCUT2D eigenvalue weighted by Crippen LogP contribution is 2.27. The predicted molar refractivity (Wildman–Crippen MR) is 86.8 cm³/mol. The number of rotatable bonds is 4. The Hall–Kier alpha value is -1.59. The Morgan fingerprint density at radius 2 is 2.05 bits per heavy atom. The van der Waals surface area contributed by atoms with E-state index in [0.29, 0.717) is 11.1 Å². The van der Waals surface area contributed by atoms with Crippen molar-refractivity contribution >= 4 is 22.5 Å². The fourth-order valence-corrected chi connectivity index (χ4v) is 2.91. The molecule has 0 saturated carbocycles. The first kappa shape index (κ1) is 15.3. The van der Waals surface area contributed by atoms with Crippen LogP contribution >= 0.6 is 11.6 Å². The van der Waals surface area contributed by atoms with Gasteiger partial charge in [-0.1, -0.05) is 11.6 Å². The van der Waals surface area contributed by atoms with E-state index in [0.717, 1.165) is 36.3 Å². The second kappa shape index (κ2) is 6.67. The van der Waals surface area contributed by atoms with Gasteiger partial charge in [0.15, 0.2) is 0 Å². The fourth-order valence-electron chi connectivity index (χ4n) is 2.67. The van der Waals surface area contributed by atoms with Crippen molar-refractivity contribution in [3.8, 4) is 11.8 Å². The summed E-state index contributed by atoms with van der Waals surface area (Å²) in [5, 5.41) is 1.19. The number of fused-ring (bicyclic) bond motifs is 1. The summed E-state index contributed by atoms with van der Waals surface area (Å²) in [6.07, 6.45) is 2.37. The maximum Gasteiger partial charge on any atom is 0.318 e. The van der Waals surface area contributed by atoms with Gasteiger partial charge < -0.3 is 14.4 Å². The first-order valence-electron chi connectivity index (χ1n) is 7.48. The number of benzene rings is 1. The van der Waals surface area contributed by atoms with E-state index in [1.54, 1.807) is 0 Å². The van der Waals surface area contributed by atoms with E-state index < -0.39 is 0 Å². The minimum Gasteiger partial charge on any atom is -0.493 e. The molecule has 1 aromatic heterocycles. The molecule has 5 nitrogen and oxygen atoms in total. The quantitative estimate of drug-likeness (QED) is 0.810. The Labute approximate surface area is 135 Å². The predicted octanol–water partition coefficient (Wildman–Crippen LogP) is 3.01. The van der Waals surface area contributed by atoms with Gasteiger partial charge in [0.25, 0.3) is 0 Å². The lowest BCUT2D eigenvalue weighted by Crippen LogP contribution is -2.32. The topological polar surface area (TPSA) is 47.5 Å². The number of halogens is 1. The molecule has 22 heavy (non-hydrogen) atoms. The van der Waals surface area contributed by atoms with Crippen LogP contribution < -0.4 is 9.47 Å². The van der Waals surface area contributed by atoms with Crippen LogP contribution in [0.1, 0.15) is 12.8 Å². The van der Waals surface area contributed by atoms with Crippen molar-refractivity contribution in [3.63, 3.8) is 0 Å². The number of aromatic nitrogens is 2. The van der Waals surface area contributed by atoms with Crippen molar-refractivity contribution in [1.29, 1.82) is 0 Å². The molecular weight excluding hydrogens is 302 g/mol. The molecule has 0 N–H and O–H groups in total. The average Bonchev–Trinajstić information content (AvgIpc) is 2.54. The van der Waals surface area contributed by atoms with Gasteiger partial charge in [-0.3, -0.25) is 0 Å². The number of likely N-dealkylation sites (tertiary alicyclic amines) is 1. The zero-order chi connectivity index (χ0) is 15.5. The van der Waals surface area contributed by atoms with Crippen molar-refractivity contribution in [3.05, 3.63) is 23.4 Å². The molecule has 1 aromatic carbocycles. The first-order chi connectivity index (χ1) is 10.7. The summed E-state index contributed by atoms with van der Waals surface area (Å²) in [4.78, 5) is 10.7. The summed E-state index contributed by atoms with van der Waals surface area (Å²) in [6, 6.07) is 5.96. The maximum atomic E-state index is 6.13. The van der Waals surface area contributed by atoms with Gasteiger partial charge >= 0.3 is 6.01 Å². The molecule has 0 aliphatic carbocycles. The van der Waals surface area contributed by atoms with Gasteiger partial charge in [-0.15, -0.1) is 0 Å². The number of methoxy groups -OCH3 is 1. The van der Waals surface area contributed by atoms with E-state index in [1.165, 1.54) is 20.0 Å². The number of hydrogen-bond acceptors (Lipinski definition) is 5. The van der Waals surface area contributed by atoms with Crippen LogP contribution in [0.3, 0.4) is 0 Å². The Bertz CT molecular complexity index is 657. The van der Waals surface area contributed by atoms with E-state index in [-0.39, 0.29) is 6.01 Å². The lowest BCUT2D eigenvalue weighted by Gasteiger charge is -2.28. The summed E-state index contributed by atoms with van der Waals surface area (Å²) in [5.74, 6) is 1.43. The minimum absolute atomic E-state index is 0.268. The van der Waals surface area contributed by atoms with Gasteiger partial charge in [-0.05, 0) is 51.0 Å². The molecule has 0 spiro atoms. The van der Waals surface area contributed by atoms with Crippen molar-refractivity contribution < 1.29 is 9.47 Å². The smallest absolute Gasteiger partial charge is 0.318 e. The molecule has 0 atom stereocenters. The molecule has 1 aliphatic rings. The van der Waals surface area contributed by atoms with Crippen LogP contribution in [0.4, 0.5) is 0 Å². The summed E-state index contributed by atoms with van der Waals surface area (Å²) >= 11 is 6.13. The Morgan fingerprint density at radius 3 is 2.77 bits per heavy atom. The van der Waals surface area contributed by atoms with E-state index in [4.69, 9.17) is 21.1 Å². The first-order valence-corrected chi connectivity index (χ1v) is 7.86. The third-order valence-electron chi connectivity index (χ3n) is 4.11. The lowest BCUT2D eigenvalue weighted by atomic mass is 9.98. The zero-order valence-corrected chi connectivity index (χ0v) is 13.6. The van der Waals surface area contributed by atoms with E-state index in [9.17, 15) is 0 Å². The number of piperidine rings is 1. The van der Waals surface area contributed by atoms with Crippen molar-refractivity contribution in [2.45, 2.75) is 12.8 Å². The molecule has 118 valence electrons. The summed E-state index contributed by atoms with van der Waals surface area (Å²) in [7, 11) is 3.69. The van der Waals surface area contributed by atoms with E-state index >= 15 is 0 Å². The van der Waals surface area contributed by atoms with Crippen LogP contribution in [0.2, 0.25) is 5.15 Å². The zero-order valence-electron chi connectivity index (χ0n) is 12.9. The summed E-state index contributed by atoms with van der Waals surface area (Å²) in [5.41, 5.74) is 0.734. The van der Waals surface area contributed by atoms with Gasteiger partial charge in [0, 0.05) is 11.5 Å². The molecule has 0 unspecified atom stereocenters. The SMILES string of the molecule is COc1nc(Cl)c2ccc(OCC3CCN(C)CC3)cc2n1. The van der Waals surface area contributed by atoms with Gasteiger partial charge in [-0.2, -0.15) is 9.97 Å². The molecule has 1 aliphatic heterocycles. The van der Waals surface area contributed by atoms with Crippen LogP contribution in [-0.4, -0.2) is 48.7 Å². The number of nitrogens with zero attached hydrogens (tertiary/aromatic N) is 3. The van der Waals surface area contributed by atoms with Crippen molar-refractivity contribution in [2.75, 3.05) is 33.9 Å². The lowest BCUT2D eigenvalue weighted by molar-refractivity contribution is 0.160. The average molecular weight is 322 g/mol. The van der Waals surface area contributed by atoms with Gasteiger partial charge in [0.2, 0.25) is 0 Å². The largest absolute Gasteiger partial charge is 0.493 e. The minimum atomic E-state index is 0.268. The fraction of sp³-hybridized carbons (Fsp3) is 0.500. The summed E-state index contributed by atoms with van der Waals surface area (Å²) < 4.78 is 11.0. The monoisotopic (exact) mass is 321 g/mol. The Morgan fingerprint density at radius 1 is 1.27 bits per heavy atom. The highest BCUT2D eigenvalue weighted by Gasteiger charge is 2.17. The molecule has 6 heteroatoms. The number of ether oxygens (including phenoxy) is 2. The Kier molecular flexibility index (Phi) is 4.64. The molecule has 2 aromatic rings. The van der Waals surface area contributed by atoms with Crippen LogP contribution in [0, 0.1) is 5.92 Å². The third-order valence-corrected chi connectivity index (χ3v) is 4.40. The van der Waals surface area contributed by atoms with E-state index in [1.807, 2.05) is 18.2 Å². The number of hydrogen-bond donors (Lipinski definition) is 0. The third kappa shape index (κ3) is 3.42. The second-order valence-electron chi connectivity index (χ2n) is 5.74. The standard InChI is InChI=1S/C16H20ClN3O2/c1-20-7-5-11(6-8-20)10-22-12-3-4-13-14(9-12)18-16(21-2)19-15(13)17/h3-4,9,11H,5-8,10H2,1-2H3. The van der Waals surface area contributed by atoms with Crippen LogP contribution in [-0.2, 0) is 0 Å². The van der Waals surface area contributed by atoms with Crippen LogP contribution in [0.15, 0.2) is 18.2 Å². The van der Waals surface area contributed by atoms with Crippen molar-refractivity contribution in [1.82, 2.24) is 14.9 Å². The highest BCUT2D eigenvalue weighted by atomic mass is 35.5. The van der Waals surface area contributed by atoms with Gasteiger partial charge in [0.05, 0.1) is 19.2 Å². The molecule has 2 heterocycles. The van der Waals surface area contributed by atoms with Gasteiger partial charge in [0.1, 0.15) is 10.9 Å². The highest BCUT2D eigenvalue weighted by molar-refractivity contribution is 6.34. The summed E-state index contributed by atoms with van der Waals surface area (Å²) in [6.45, 7) is 3.03. The second-order valence-corrected chi connectivity index (χ2v) is 6.10. The molecule has 1 fully saturated rings.